The summed E-state index contributed by atoms with van der Waals surface area (Å²) in [6, 6.07) is -1.35. The van der Waals surface area contributed by atoms with E-state index in [1.807, 2.05) is 0 Å². The summed E-state index contributed by atoms with van der Waals surface area (Å²) in [6.07, 6.45) is 4.97. The van der Waals surface area contributed by atoms with Gasteiger partial charge in [0.25, 0.3) is 0 Å². The van der Waals surface area contributed by atoms with Gasteiger partial charge in [-0.05, 0) is 6.92 Å². The monoisotopic (exact) mass is 314 g/mol. The van der Waals surface area contributed by atoms with Crippen molar-refractivity contribution >= 4 is 21.7 Å². The number of hydrogen-bond acceptors (Lipinski definition) is 4. The molecule has 0 unspecified atom stereocenters. The van der Waals surface area contributed by atoms with E-state index in [1.165, 1.54) is 6.92 Å². The van der Waals surface area contributed by atoms with Gasteiger partial charge in [-0.1, -0.05) is 0 Å². The third-order valence-electron chi connectivity index (χ3n) is 4.37. The summed E-state index contributed by atoms with van der Waals surface area (Å²) >= 11 is 0. The van der Waals surface area contributed by atoms with Crippen LogP contribution in [-0.4, -0.2) is 51.0 Å². The molecule has 0 bridgehead atoms. The van der Waals surface area contributed by atoms with Crippen LogP contribution < -0.4 is 4.57 Å². The van der Waals surface area contributed by atoms with Gasteiger partial charge in [-0.15, -0.1) is 0 Å². The number of rotatable bonds is 3. The van der Waals surface area contributed by atoms with Gasteiger partial charge in [0.2, 0.25) is 12.2 Å². The van der Waals surface area contributed by atoms with Crippen LogP contribution in [0.3, 0.4) is 0 Å². The van der Waals surface area contributed by atoms with Crippen molar-refractivity contribution in [3.63, 3.8) is 0 Å². The number of fused-ring (bicyclic) bond motifs is 1. The molecule has 1 amide bonds. The number of hydrogen-bond donors (Lipinski definition) is 1. The van der Waals surface area contributed by atoms with Crippen LogP contribution in [0.25, 0.3) is 0 Å². The highest BCUT2D eigenvalue weighted by molar-refractivity contribution is 7.93. The molecule has 3 heterocycles. The van der Waals surface area contributed by atoms with Gasteiger partial charge in [-0.3, -0.25) is 4.79 Å². The van der Waals surface area contributed by atoms with Crippen molar-refractivity contribution in [3.8, 4) is 0 Å². The predicted molar refractivity (Wildman–Crippen MR) is 69.6 cm³/mol. The lowest BCUT2D eigenvalue weighted by atomic mass is 9.96. The molecule has 1 aromatic heterocycles. The zero-order chi connectivity index (χ0) is 15.6. The summed E-state index contributed by atoms with van der Waals surface area (Å²) < 4.78 is 27.2. The first-order valence-corrected chi connectivity index (χ1v) is 8.01. The maximum absolute atomic E-state index is 12.7. The van der Waals surface area contributed by atoms with Crippen LogP contribution in [0.4, 0.5) is 0 Å². The molecule has 0 radical (unpaired) electrons. The Labute approximate surface area is 121 Å². The van der Waals surface area contributed by atoms with Crippen LogP contribution in [0, 0.1) is 0 Å². The lowest BCUT2D eigenvalue weighted by Crippen LogP contribution is -2.58. The molecule has 1 N–H and O–H groups in total. The Hall–Kier alpha value is -1.90. The van der Waals surface area contributed by atoms with Gasteiger partial charge in [-0.25, -0.2) is 22.3 Å². The molecule has 8 nitrogen and oxygen atoms in total. The minimum Gasteiger partial charge on any atom is -0.480 e. The number of carbonyl (C=O) groups is 2. The molecule has 9 heteroatoms. The molecular weight excluding hydrogens is 298 g/mol. The average molecular weight is 314 g/mol. The molecule has 3 rings (SSSR count). The number of β-lactam (4-membered cyclic amide) rings is 1. The van der Waals surface area contributed by atoms with Crippen LogP contribution in [0.1, 0.15) is 13.3 Å². The van der Waals surface area contributed by atoms with E-state index in [2.05, 4.69) is 0 Å². The van der Waals surface area contributed by atoms with Crippen molar-refractivity contribution in [1.29, 1.82) is 0 Å². The Morgan fingerprint density at radius 3 is 2.71 bits per heavy atom. The molecule has 114 valence electrons. The summed E-state index contributed by atoms with van der Waals surface area (Å²) in [7, 11) is -1.96. The Morgan fingerprint density at radius 1 is 1.57 bits per heavy atom. The number of carbonyl (C=O) groups excluding carboxylic acids is 1. The number of aromatic nitrogens is 2. The average Bonchev–Trinajstić information content (AvgIpc) is 2.81. The fraction of sp³-hybridized carbons (Fsp3) is 0.583. The van der Waals surface area contributed by atoms with E-state index in [-0.39, 0.29) is 13.0 Å². The molecule has 21 heavy (non-hydrogen) atoms. The van der Waals surface area contributed by atoms with Crippen LogP contribution in [0.2, 0.25) is 0 Å². The van der Waals surface area contributed by atoms with Gasteiger partial charge >= 0.3 is 5.97 Å². The van der Waals surface area contributed by atoms with Crippen LogP contribution in [-0.2, 0) is 33.0 Å². The molecule has 0 saturated carbocycles. The number of nitrogens with zero attached hydrogens (tertiary/aromatic N) is 3. The number of sulfone groups is 1. The summed E-state index contributed by atoms with van der Waals surface area (Å²) in [5.41, 5.74) is 0. The smallest absolute Gasteiger partial charge is 0.328 e. The number of imidazole rings is 1. The number of aryl methyl sites for hydroxylation is 1. The lowest BCUT2D eigenvalue weighted by molar-refractivity contribution is -0.671. The van der Waals surface area contributed by atoms with Gasteiger partial charge < -0.3 is 10.0 Å². The third-order valence-corrected chi connectivity index (χ3v) is 7.13. The first-order chi connectivity index (χ1) is 9.68. The highest BCUT2D eigenvalue weighted by Crippen LogP contribution is 2.46. The Balaban J connectivity index is 2.08. The molecule has 0 aromatic carbocycles. The molecule has 1 aromatic rings. The molecule has 2 fully saturated rings. The lowest BCUT2D eigenvalue weighted by Gasteiger charge is -2.35. The van der Waals surface area contributed by atoms with E-state index in [1.54, 1.807) is 34.9 Å². The second-order valence-corrected chi connectivity index (χ2v) is 8.38. The zero-order valence-electron chi connectivity index (χ0n) is 11.6. The highest BCUT2D eigenvalue weighted by atomic mass is 32.2. The Morgan fingerprint density at radius 2 is 2.24 bits per heavy atom. The van der Waals surface area contributed by atoms with E-state index in [0.29, 0.717) is 0 Å². The maximum Gasteiger partial charge on any atom is 0.328 e. The number of carboxylic acid groups (broad SMARTS) is 1. The summed E-state index contributed by atoms with van der Waals surface area (Å²) in [6.45, 7) is 1.40. The summed E-state index contributed by atoms with van der Waals surface area (Å²) in [4.78, 5) is 24.2. The maximum atomic E-state index is 12.7. The van der Waals surface area contributed by atoms with Gasteiger partial charge in [0.15, 0.2) is 15.9 Å². The van der Waals surface area contributed by atoms with E-state index in [9.17, 15) is 23.1 Å². The zero-order valence-corrected chi connectivity index (χ0v) is 12.4. The van der Waals surface area contributed by atoms with Crippen LogP contribution >= 0.6 is 0 Å². The topological polar surface area (TPSA) is 101 Å². The Bertz CT molecular complexity index is 740. The fourth-order valence-electron chi connectivity index (χ4n) is 3.25. The second-order valence-electron chi connectivity index (χ2n) is 5.81. The van der Waals surface area contributed by atoms with Gasteiger partial charge in [0.05, 0.1) is 13.5 Å². The number of amides is 1. The van der Waals surface area contributed by atoms with E-state index >= 15 is 0 Å². The van der Waals surface area contributed by atoms with Crippen LogP contribution in [0.15, 0.2) is 18.7 Å². The van der Waals surface area contributed by atoms with Crippen molar-refractivity contribution in [3.05, 3.63) is 18.7 Å². The molecule has 2 saturated heterocycles. The SMILES string of the molecule is C[n+]1ccn(C[C@@]2(C)[C@H](C(=O)O)N3C(=O)C[C@H]3S2(=O)=O)c1. The van der Waals surface area contributed by atoms with Gasteiger partial charge in [-0.2, -0.15) is 0 Å². The normalized spacial score (nSPS) is 33.6. The minimum absolute atomic E-state index is 0.00653. The van der Waals surface area contributed by atoms with Crippen LogP contribution in [0.5, 0.6) is 0 Å². The van der Waals surface area contributed by atoms with E-state index < -0.39 is 37.9 Å². The third kappa shape index (κ3) is 1.66. The van der Waals surface area contributed by atoms with Crippen molar-refractivity contribution in [2.24, 2.45) is 7.05 Å². The molecule has 2 aliphatic rings. The van der Waals surface area contributed by atoms with Crippen molar-refractivity contribution < 1.29 is 27.7 Å². The van der Waals surface area contributed by atoms with Gasteiger partial charge in [0, 0.05) is 0 Å². The number of aliphatic carboxylic acids is 1. The highest BCUT2D eigenvalue weighted by Gasteiger charge is 2.70. The minimum atomic E-state index is -3.75. The van der Waals surface area contributed by atoms with Crippen molar-refractivity contribution in [2.75, 3.05) is 0 Å². The first kappa shape index (κ1) is 14.1. The second kappa shape index (κ2) is 4.06. The Kier molecular flexibility index (Phi) is 2.72. The largest absolute Gasteiger partial charge is 0.480 e. The van der Waals surface area contributed by atoms with E-state index in [0.717, 1.165) is 4.90 Å². The molecule has 0 spiro atoms. The summed E-state index contributed by atoms with van der Waals surface area (Å²) in [5.74, 6) is -1.70. The van der Waals surface area contributed by atoms with Gasteiger partial charge in [0.1, 0.15) is 29.1 Å². The van der Waals surface area contributed by atoms with Crippen molar-refractivity contribution in [2.45, 2.75) is 36.1 Å². The quantitative estimate of drug-likeness (QED) is 0.541. The molecular formula is C12H16N3O5S+. The fourth-order valence-corrected chi connectivity index (χ4v) is 5.62. The molecule has 3 atom stereocenters. The standard InChI is InChI=1S/C12H15N3O5S/c1-12(6-14-4-3-13(2)7-14)10(11(17)18)15-8(16)5-9(15)21(12,19)20/h3-4,7,9-10H,5-6H2,1-2H3/p+1/t9-,10+,12+/m1/s1. The van der Waals surface area contributed by atoms with E-state index in [4.69, 9.17) is 0 Å². The summed E-state index contributed by atoms with van der Waals surface area (Å²) in [5, 5.41) is 8.43. The molecule has 0 aliphatic carbocycles. The molecule has 2 aliphatic heterocycles. The first-order valence-electron chi connectivity index (χ1n) is 6.47. The van der Waals surface area contributed by atoms with Crippen molar-refractivity contribution in [1.82, 2.24) is 9.47 Å². The predicted octanol–water partition coefficient (Wildman–Crippen LogP) is -1.49. The number of carboxylic acids is 1.